The van der Waals surface area contributed by atoms with Crippen LogP contribution in [0.1, 0.15) is 5.56 Å². The molecular weight excluding hydrogens is 298 g/mol. The Bertz CT molecular complexity index is 622. The molecule has 2 aliphatic rings. The van der Waals surface area contributed by atoms with E-state index in [9.17, 15) is 14.9 Å². The van der Waals surface area contributed by atoms with Crippen LogP contribution in [0.2, 0.25) is 0 Å². The zero-order valence-corrected chi connectivity index (χ0v) is 10.7. The zero-order valence-electron chi connectivity index (χ0n) is 9.16. The van der Waals surface area contributed by atoms with Gasteiger partial charge in [-0.1, -0.05) is 15.9 Å². The van der Waals surface area contributed by atoms with Gasteiger partial charge >= 0.3 is 0 Å². The van der Waals surface area contributed by atoms with Crippen molar-refractivity contribution >= 4 is 33.4 Å². The highest BCUT2D eigenvalue weighted by atomic mass is 79.9. The molecule has 5 nitrogen and oxygen atoms in total. The first kappa shape index (κ1) is 11.2. The van der Waals surface area contributed by atoms with Gasteiger partial charge in [-0.05, 0) is 23.8 Å². The van der Waals surface area contributed by atoms with Crippen molar-refractivity contribution in [1.82, 2.24) is 5.32 Å². The molecule has 0 aliphatic carbocycles. The van der Waals surface area contributed by atoms with Crippen LogP contribution in [0, 0.1) is 17.2 Å². The van der Waals surface area contributed by atoms with Crippen molar-refractivity contribution in [1.29, 1.82) is 5.26 Å². The van der Waals surface area contributed by atoms with Crippen LogP contribution in [0.4, 0.5) is 5.69 Å². The summed E-state index contributed by atoms with van der Waals surface area (Å²) in [6.45, 7) is 0.166. The van der Waals surface area contributed by atoms with Crippen molar-refractivity contribution in [3.8, 4) is 6.07 Å². The Balaban J connectivity index is 2.25. The number of benzene rings is 1. The number of carbonyl (C=O) groups excluding carboxylic acids is 2. The van der Waals surface area contributed by atoms with Gasteiger partial charge in [-0.15, -0.1) is 0 Å². The predicted octanol–water partition coefficient (Wildman–Crippen LogP) is 0.909. The molecular formula is C12H8BrN3O2. The number of anilines is 1. The molecule has 2 N–H and O–H groups in total. The molecule has 2 aliphatic heterocycles. The second-order valence-electron chi connectivity index (χ2n) is 4.40. The first-order chi connectivity index (χ1) is 8.59. The Labute approximate surface area is 111 Å². The number of hydrogen-bond acceptors (Lipinski definition) is 3. The summed E-state index contributed by atoms with van der Waals surface area (Å²) in [5.41, 5.74) is 0.275. The van der Waals surface area contributed by atoms with Gasteiger partial charge in [-0.25, -0.2) is 0 Å². The van der Waals surface area contributed by atoms with Gasteiger partial charge in [0.05, 0.1) is 6.07 Å². The average Bonchev–Trinajstić information content (AvgIpc) is 2.81. The van der Waals surface area contributed by atoms with Gasteiger partial charge in [0.1, 0.15) is 11.3 Å². The quantitative estimate of drug-likeness (QED) is 0.747. The first-order valence-corrected chi connectivity index (χ1v) is 6.18. The van der Waals surface area contributed by atoms with Gasteiger partial charge in [0.2, 0.25) is 11.8 Å². The highest BCUT2D eigenvalue weighted by Gasteiger charge is 2.59. The number of nitrogens with one attached hydrogen (secondary N) is 2. The molecule has 2 amide bonds. The lowest BCUT2D eigenvalue weighted by molar-refractivity contribution is -0.126. The van der Waals surface area contributed by atoms with E-state index in [2.05, 4.69) is 26.6 Å². The molecule has 2 heterocycles. The fourth-order valence-corrected chi connectivity index (χ4v) is 3.00. The van der Waals surface area contributed by atoms with Crippen LogP contribution in [-0.4, -0.2) is 18.4 Å². The van der Waals surface area contributed by atoms with Gasteiger partial charge in [0.25, 0.3) is 0 Å². The number of amides is 2. The van der Waals surface area contributed by atoms with E-state index in [1.165, 1.54) is 0 Å². The van der Waals surface area contributed by atoms with Crippen LogP contribution < -0.4 is 10.6 Å². The Morgan fingerprint density at radius 3 is 2.94 bits per heavy atom. The van der Waals surface area contributed by atoms with Gasteiger partial charge in [0, 0.05) is 16.7 Å². The van der Waals surface area contributed by atoms with E-state index in [0.29, 0.717) is 11.3 Å². The summed E-state index contributed by atoms with van der Waals surface area (Å²) in [6, 6.07) is 7.31. The van der Waals surface area contributed by atoms with Crippen molar-refractivity contribution in [3.05, 3.63) is 28.2 Å². The lowest BCUT2D eigenvalue weighted by Crippen LogP contribution is -2.41. The predicted molar refractivity (Wildman–Crippen MR) is 66.6 cm³/mol. The Kier molecular flexibility index (Phi) is 2.22. The van der Waals surface area contributed by atoms with E-state index < -0.39 is 11.3 Å². The van der Waals surface area contributed by atoms with Gasteiger partial charge < -0.3 is 10.6 Å². The Hall–Kier alpha value is -1.87. The standard InChI is InChI=1S/C12H8BrN3O2/c13-6-1-2-9-7(3-6)12(11(18)16-9)5-15-10(17)8(12)4-14/h1-3,8H,5H2,(H,15,17)(H,16,18)/t8-,12+/m1/s1. The largest absolute Gasteiger partial charge is 0.353 e. The zero-order chi connectivity index (χ0) is 12.9. The maximum atomic E-state index is 12.2. The molecule has 90 valence electrons. The monoisotopic (exact) mass is 305 g/mol. The summed E-state index contributed by atoms with van der Waals surface area (Å²) < 4.78 is 0.813. The molecule has 1 fully saturated rings. The molecule has 1 aromatic rings. The molecule has 0 unspecified atom stereocenters. The highest BCUT2D eigenvalue weighted by Crippen LogP contribution is 2.46. The molecule has 3 rings (SSSR count). The van der Waals surface area contributed by atoms with Crippen LogP contribution in [0.5, 0.6) is 0 Å². The summed E-state index contributed by atoms with van der Waals surface area (Å²) in [7, 11) is 0. The van der Waals surface area contributed by atoms with Crippen molar-refractivity contribution in [2.75, 3.05) is 11.9 Å². The second kappa shape index (κ2) is 3.56. The number of fused-ring (bicyclic) bond motifs is 2. The minimum absolute atomic E-state index is 0.166. The van der Waals surface area contributed by atoms with E-state index in [1.807, 2.05) is 12.1 Å². The number of hydrogen-bond donors (Lipinski definition) is 2. The fraction of sp³-hybridized carbons (Fsp3) is 0.250. The molecule has 6 heteroatoms. The van der Waals surface area contributed by atoms with E-state index in [0.717, 1.165) is 4.47 Å². The van der Waals surface area contributed by atoms with Crippen molar-refractivity contribution in [2.24, 2.45) is 5.92 Å². The van der Waals surface area contributed by atoms with Crippen LogP contribution in [0.25, 0.3) is 0 Å². The summed E-state index contributed by atoms with van der Waals surface area (Å²) in [5.74, 6) is -1.66. The van der Waals surface area contributed by atoms with Gasteiger partial charge in [-0.3, -0.25) is 9.59 Å². The van der Waals surface area contributed by atoms with E-state index in [4.69, 9.17) is 0 Å². The number of nitriles is 1. The SMILES string of the molecule is N#C[C@@H]1C(=O)NC[C@@]12C(=O)Nc1ccc(Br)cc12. The Morgan fingerprint density at radius 1 is 1.44 bits per heavy atom. The molecule has 1 spiro atoms. The maximum absolute atomic E-state index is 12.2. The maximum Gasteiger partial charge on any atom is 0.238 e. The number of carbonyl (C=O) groups is 2. The number of nitrogens with zero attached hydrogens (tertiary/aromatic N) is 1. The highest BCUT2D eigenvalue weighted by molar-refractivity contribution is 9.10. The summed E-state index contributed by atoms with van der Waals surface area (Å²) >= 11 is 3.34. The molecule has 18 heavy (non-hydrogen) atoms. The van der Waals surface area contributed by atoms with Crippen LogP contribution in [0.15, 0.2) is 22.7 Å². The van der Waals surface area contributed by atoms with Crippen LogP contribution >= 0.6 is 15.9 Å². The number of halogens is 1. The third kappa shape index (κ3) is 1.20. The third-order valence-corrected chi connectivity index (χ3v) is 4.03. The summed E-state index contributed by atoms with van der Waals surface area (Å²) in [5, 5.41) is 14.5. The van der Waals surface area contributed by atoms with Crippen LogP contribution in [-0.2, 0) is 15.0 Å². The third-order valence-electron chi connectivity index (χ3n) is 3.54. The molecule has 1 aromatic carbocycles. The molecule has 1 saturated heterocycles. The van der Waals surface area contributed by atoms with Crippen molar-refractivity contribution < 1.29 is 9.59 Å². The molecule has 2 atom stereocenters. The Morgan fingerprint density at radius 2 is 2.22 bits per heavy atom. The minimum Gasteiger partial charge on any atom is -0.353 e. The summed E-state index contributed by atoms with van der Waals surface area (Å²) in [4.78, 5) is 23.9. The molecule has 0 aromatic heterocycles. The van der Waals surface area contributed by atoms with Crippen molar-refractivity contribution in [2.45, 2.75) is 5.41 Å². The first-order valence-electron chi connectivity index (χ1n) is 5.38. The van der Waals surface area contributed by atoms with E-state index in [1.54, 1.807) is 12.1 Å². The fourth-order valence-electron chi connectivity index (χ4n) is 2.64. The topological polar surface area (TPSA) is 82.0 Å². The van der Waals surface area contributed by atoms with E-state index in [-0.39, 0.29) is 18.4 Å². The smallest absolute Gasteiger partial charge is 0.238 e. The van der Waals surface area contributed by atoms with Crippen LogP contribution in [0.3, 0.4) is 0 Å². The summed E-state index contributed by atoms with van der Waals surface area (Å²) in [6.07, 6.45) is 0. The van der Waals surface area contributed by atoms with Gasteiger partial charge in [0.15, 0.2) is 0 Å². The second-order valence-corrected chi connectivity index (χ2v) is 5.31. The number of rotatable bonds is 0. The van der Waals surface area contributed by atoms with Gasteiger partial charge in [-0.2, -0.15) is 5.26 Å². The van der Waals surface area contributed by atoms with Crippen molar-refractivity contribution in [3.63, 3.8) is 0 Å². The normalized spacial score (nSPS) is 28.8. The molecule has 0 radical (unpaired) electrons. The molecule has 0 saturated carbocycles. The average molecular weight is 306 g/mol. The lowest BCUT2D eigenvalue weighted by atomic mass is 9.74. The van der Waals surface area contributed by atoms with E-state index >= 15 is 0 Å². The minimum atomic E-state index is -1.09. The lowest BCUT2D eigenvalue weighted by Gasteiger charge is -2.22. The molecule has 0 bridgehead atoms.